The van der Waals surface area contributed by atoms with E-state index in [-0.39, 0.29) is 18.6 Å². The summed E-state index contributed by atoms with van der Waals surface area (Å²) in [6, 6.07) is 9.68. The zero-order valence-electron chi connectivity index (χ0n) is 15.6. The van der Waals surface area contributed by atoms with E-state index in [1.165, 1.54) is 7.11 Å². The van der Waals surface area contributed by atoms with E-state index < -0.39 is 0 Å². The fourth-order valence-corrected chi connectivity index (χ4v) is 3.02. The molecule has 0 bridgehead atoms. The zero-order valence-corrected chi connectivity index (χ0v) is 15.6. The van der Waals surface area contributed by atoms with Gasteiger partial charge < -0.3 is 25.0 Å². The van der Waals surface area contributed by atoms with Gasteiger partial charge in [-0.05, 0) is 43.2 Å². The molecule has 0 radical (unpaired) electrons. The molecule has 1 saturated heterocycles. The van der Waals surface area contributed by atoms with Crippen LogP contribution in [-0.4, -0.2) is 55.8 Å². The van der Waals surface area contributed by atoms with Crippen LogP contribution in [0.2, 0.25) is 0 Å². The molecule has 0 unspecified atom stereocenters. The van der Waals surface area contributed by atoms with Crippen LogP contribution in [0.3, 0.4) is 0 Å². The number of aromatic nitrogens is 2. The molecule has 0 aliphatic carbocycles. The van der Waals surface area contributed by atoms with Crippen molar-refractivity contribution in [2.75, 3.05) is 44.1 Å². The van der Waals surface area contributed by atoms with Crippen LogP contribution in [0.1, 0.15) is 12.8 Å². The third-order valence-corrected chi connectivity index (χ3v) is 4.42. The van der Waals surface area contributed by atoms with Gasteiger partial charge in [0.2, 0.25) is 11.9 Å². The van der Waals surface area contributed by atoms with Crippen LogP contribution in [-0.2, 0) is 9.53 Å². The Morgan fingerprint density at radius 2 is 1.93 bits per heavy atom. The van der Waals surface area contributed by atoms with E-state index in [1.54, 1.807) is 13.3 Å². The van der Waals surface area contributed by atoms with Crippen LogP contribution in [0.4, 0.5) is 17.5 Å². The fourth-order valence-electron chi connectivity index (χ4n) is 3.02. The van der Waals surface area contributed by atoms with Crippen molar-refractivity contribution in [1.29, 1.82) is 0 Å². The van der Waals surface area contributed by atoms with Crippen molar-refractivity contribution in [1.82, 2.24) is 15.3 Å². The largest absolute Gasteiger partial charge is 0.497 e. The number of nitrogens with zero attached hydrogens (tertiary/aromatic N) is 3. The van der Waals surface area contributed by atoms with E-state index in [2.05, 4.69) is 25.5 Å². The Hall–Kier alpha value is -2.87. The van der Waals surface area contributed by atoms with Gasteiger partial charge >= 0.3 is 0 Å². The van der Waals surface area contributed by atoms with Gasteiger partial charge in [-0.1, -0.05) is 0 Å². The molecule has 1 aliphatic heterocycles. The normalized spacial score (nSPS) is 14.7. The first-order valence-electron chi connectivity index (χ1n) is 8.95. The van der Waals surface area contributed by atoms with E-state index in [1.807, 2.05) is 30.3 Å². The van der Waals surface area contributed by atoms with Crippen molar-refractivity contribution in [2.24, 2.45) is 0 Å². The molecular weight excluding hydrogens is 346 g/mol. The fraction of sp³-hybridized carbons (Fsp3) is 0.421. The lowest BCUT2D eigenvalue weighted by Gasteiger charge is -2.32. The number of anilines is 3. The average Bonchev–Trinajstić information content (AvgIpc) is 2.69. The summed E-state index contributed by atoms with van der Waals surface area (Å²) in [6.45, 7) is 1.69. The third kappa shape index (κ3) is 5.30. The van der Waals surface area contributed by atoms with Crippen LogP contribution >= 0.6 is 0 Å². The minimum absolute atomic E-state index is 0.0714. The predicted octanol–water partition coefficient (Wildman–Crippen LogP) is 1.96. The molecule has 27 heavy (non-hydrogen) atoms. The molecule has 0 atom stereocenters. The number of rotatable bonds is 7. The lowest BCUT2D eigenvalue weighted by atomic mass is 10.1. The van der Waals surface area contributed by atoms with Crippen molar-refractivity contribution >= 4 is 23.4 Å². The average molecular weight is 371 g/mol. The highest BCUT2D eigenvalue weighted by molar-refractivity contribution is 5.77. The summed E-state index contributed by atoms with van der Waals surface area (Å²) in [7, 11) is 3.16. The summed E-state index contributed by atoms with van der Waals surface area (Å²) in [5.41, 5.74) is 0.931. The predicted molar refractivity (Wildman–Crippen MR) is 104 cm³/mol. The molecule has 2 aromatic rings. The minimum Gasteiger partial charge on any atom is -0.497 e. The Kier molecular flexibility index (Phi) is 6.43. The maximum Gasteiger partial charge on any atom is 0.246 e. The summed E-state index contributed by atoms with van der Waals surface area (Å²) in [6.07, 6.45) is 3.46. The van der Waals surface area contributed by atoms with E-state index in [0.29, 0.717) is 5.95 Å². The van der Waals surface area contributed by atoms with Crippen molar-refractivity contribution < 1.29 is 14.3 Å². The maximum absolute atomic E-state index is 11.6. The lowest BCUT2D eigenvalue weighted by molar-refractivity contribution is -0.125. The van der Waals surface area contributed by atoms with Crippen molar-refractivity contribution in [3.05, 3.63) is 36.5 Å². The Labute approximate surface area is 158 Å². The number of hydrogen-bond acceptors (Lipinski definition) is 7. The van der Waals surface area contributed by atoms with Crippen LogP contribution in [0.15, 0.2) is 36.5 Å². The third-order valence-electron chi connectivity index (χ3n) is 4.42. The van der Waals surface area contributed by atoms with Crippen LogP contribution < -0.4 is 20.3 Å². The van der Waals surface area contributed by atoms with Gasteiger partial charge in [0.25, 0.3) is 0 Å². The quantitative estimate of drug-likeness (QED) is 0.769. The summed E-state index contributed by atoms with van der Waals surface area (Å²) >= 11 is 0. The molecule has 1 amide bonds. The first kappa shape index (κ1) is 18.9. The van der Waals surface area contributed by atoms with Crippen LogP contribution in [0.5, 0.6) is 5.75 Å². The van der Waals surface area contributed by atoms with Gasteiger partial charge in [-0.25, -0.2) is 4.98 Å². The highest BCUT2D eigenvalue weighted by Gasteiger charge is 2.22. The second kappa shape index (κ2) is 9.18. The minimum atomic E-state index is -0.0714. The molecule has 1 fully saturated rings. The standard InChI is InChI=1S/C19H25N5O3/c1-26-13-18(25)22-15-8-11-24(12-9-15)19-20-10-7-17(23-19)21-14-3-5-16(27-2)6-4-14/h3-7,10,15H,8-9,11-13H2,1-2H3,(H,22,25)(H,20,21,23). The molecule has 144 valence electrons. The molecule has 2 N–H and O–H groups in total. The second-order valence-corrected chi connectivity index (χ2v) is 6.36. The number of ether oxygens (including phenoxy) is 2. The van der Waals surface area contributed by atoms with Crippen molar-refractivity contribution in [2.45, 2.75) is 18.9 Å². The first-order chi connectivity index (χ1) is 13.2. The van der Waals surface area contributed by atoms with Gasteiger partial charge in [-0.3, -0.25) is 4.79 Å². The first-order valence-corrected chi connectivity index (χ1v) is 8.95. The number of methoxy groups -OCH3 is 2. The van der Waals surface area contributed by atoms with Gasteiger partial charge in [-0.15, -0.1) is 0 Å². The van der Waals surface area contributed by atoms with Crippen LogP contribution in [0, 0.1) is 0 Å². The lowest BCUT2D eigenvalue weighted by Crippen LogP contribution is -2.46. The summed E-state index contributed by atoms with van der Waals surface area (Å²) in [4.78, 5) is 22.8. The van der Waals surface area contributed by atoms with Gasteiger partial charge in [0.1, 0.15) is 18.2 Å². The summed E-state index contributed by atoms with van der Waals surface area (Å²) in [5.74, 6) is 2.16. The molecule has 0 spiro atoms. The summed E-state index contributed by atoms with van der Waals surface area (Å²) < 4.78 is 10.0. The molecule has 1 aliphatic rings. The Bertz CT molecular complexity index is 745. The SMILES string of the molecule is COCC(=O)NC1CCN(c2nccc(Nc3ccc(OC)cc3)n2)CC1. The number of piperidine rings is 1. The van der Waals surface area contributed by atoms with E-state index in [4.69, 9.17) is 9.47 Å². The Balaban J connectivity index is 1.57. The van der Waals surface area contributed by atoms with E-state index in [9.17, 15) is 4.79 Å². The number of benzene rings is 1. The van der Waals surface area contributed by atoms with Gasteiger partial charge in [-0.2, -0.15) is 4.98 Å². The van der Waals surface area contributed by atoms with Gasteiger partial charge in [0, 0.05) is 38.1 Å². The molecule has 3 rings (SSSR count). The zero-order chi connectivity index (χ0) is 19.1. The van der Waals surface area contributed by atoms with E-state index in [0.717, 1.165) is 43.2 Å². The Morgan fingerprint density at radius 1 is 1.19 bits per heavy atom. The topological polar surface area (TPSA) is 88.6 Å². The monoisotopic (exact) mass is 371 g/mol. The van der Waals surface area contributed by atoms with Gasteiger partial charge in [0.15, 0.2) is 0 Å². The highest BCUT2D eigenvalue weighted by Crippen LogP contribution is 2.21. The second-order valence-electron chi connectivity index (χ2n) is 6.36. The van der Waals surface area contributed by atoms with Gasteiger partial charge in [0.05, 0.1) is 7.11 Å². The maximum atomic E-state index is 11.6. The van der Waals surface area contributed by atoms with Crippen molar-refractivity contribution in [3.8, 4) is 5.75 Å². The highest BCUT2D eigenvalue weighted by atomic mass is 16.5. The number of carbonyl (C=O) groups excluding carboxylic acids is 1. The molecule has 1 aromatic heterocycles. The molecule has 8 nitrogen and oxygen atoms in total. The van der Waals surface area contributed by atoms with E-state index >= 15 is 0 Å². The molecule has 0 saturated carbocycles. The number of amides is 1. The molecule has 8 heteroatoms. The number of nitrogens with one attached hydrogen (secondary N) is 2. The Morgan fingerprint density at radius 3 is 2.59 bits per heavy atom. The molecule has 2 heterocycles. The molecular formula is C19H25N5O3. The van der Waals surface area contributed by atoms with Crippen LogP contribution in [0.25, 0.3) is 0 Å². The number of carbonyl (C=O) groups is 1. The van der Waals surface area contributed by atoms with Crippen molar-refractivity contribution in [3.63, 3.8) is 0 Å². The molecule has 1 aromatic carbocycles. The summed E-state index contributed by atoms with van der Waals surface area (Å²) in [5, 5.41) is 6.27. The number of hydrogen-bond donors (Lipinski definition) is 2. The smallest absolute Gasteiger partial charge is 0.246 e.